The number of nitrogens with two attached hydrogens (primary N) is 1. The number of rotatable bonds is 6. The first-order chi connectivity index (χ1) is 9.76. The fourth-order valence-corrected chi connectivity index (χ4v) is 3.14. The number of likely N-dealkylation sites (tertiary alicyclic amines) is 1. The zero-order valence-corrected chi connectivity index (χ0v) is 12.2. The average Bonchev–Trinajstić information content (AvgIpc) is 3.23. The second-order valence-electron chi connectivity index (χ2n) is 6.11. The molecule has 0 aromatic carbocycles. The van der Waals surface area contributed by atoms with Crippen LogP contribution in [0.25, 0.3) is 0 Å². The van der Waals surface area contributed by atoms with Crippen LogP contribution >= 0.6 is 0 Å². The van der Waals surface area contributed by atoms with Gasteiger partial charge in [-0.1, -0.05) is 0 Å². The zero-order valence-electron chi connectivity index (χ0n) is 12.2. The Balaban J connectivity index is 1.52. The Kier molecular flexibility index (Phi) is 4.29. The van der Waals surface area contributed by atoms with E-state index in [1.54, 1.807) is 7.11 Å². The Morgan fingerprint density at radius 1 is 1.30 bits per heavy atom. The Morgan fingerprint density at radius 2 is 2.05 bits per heavy atom. The quantitative estimate of drug-likeness (QED) is 0.834. The first-order valence-electron chi connectivity index (χ1n) is 7.53. The third-order valence-corrected chi connectivity index (χ3v) is 4.41. The molecule has 110 valence electrons. The summed E-state index contributed by atoms with van der Waals surface area (Å²) in [5.41, 5.74) is 7.43. The van der Waals surface area contributed by atoms with E-state index in [2.05, 4.69) is 14.9 Å². The van der Waals surface area contributed by atoms with Gasteiger partial charge in [0.1, 0.15) is 5.82 Å². The van der Waals surface area contributed by atoms with Gasteiger partial charge >= 0.3 is 0 Å². The van der Waals surface area contributed by atoms with Crippen molar-refractivity contribution in [2.75, 3.05) is 26.8 Å². The van der Waals surface area contributed by atoms with Crippen molar-refractivity contribution in [1.82, 2.24) is 14.9 Å². The summed E-state index contributed by atoms with van der Waals surface area (Å²) >= 11 is 0. The SMILES string of the molecule is COCCc1ncc(CN2C[C@H](C3CC3)[C@@H](N)C2)cn1. The Labute approximate surface area is 120 Å². The van der Waals surface area contributed by atoms with Gasteiger partial charge in [0.25, 0.3) is 0 Å². The summed E-state index contributed by atoms with van der Waals surface area (Å²) in [6.45, 7) is 3.73. The molecule has 0 radical (unpaired) electrons. The van der Waals surface area contributed by atoms with E-state index in [0.717, 1.165) is 37.8 Å². The van der Waals surface area contributed by atoms with Crippen LogP contribution in [0.4, 0.5) is 0 Å². The highest BCUT2D eigenvalue weighted by atomic mass is 16.5. The maximum atomic E-state index is 6.26. The highest BCUT2D eigenvalue weighted by Gasteiger charge is 2.40. The van der Waals surface area contributed by atoms with Gasteiger partial charge in [-0.3, -0.25) is 4.90 Å². The molecule has 1 aromatic rings. The summed E-state index contributed by atoms with van der Waals surface area (Å²) < 4.78 is 5.03. The van der Waals surface area contributed by atoms with E-state index in [9.17, 15) is 0 Å². The van der Waals surface area contributed by atoms with Gasteiger partial charge in [0.05, 0.1) is 6.61 Å². The molecule has 20 heavy (non-hydrogen) atoms. The largest absolute Gasteiger partial charge is 0.384 e. The van der Waals surface area contributed by atoms with Crippen molar-refractivity contribution in [2.45, 2.75) is 31.8 Å². The molecular formula is C15H24N4O. The first-order valence-corrected chi connectivity index (χ1v) is 7.53. The van der Waals surface area contributed by atoms with E-state index in [0.29, 0.717) is 18.6 Å². The van der Waals surface area contributed by atoms with Gasteiger partial charge in [0.15, 0.2) is 0 Å². The van der Waals surface area contributed by atoms with Crippen LogP contribution in [0.1, 0.15) is 24.2 Å². The molecule has 2 heterocycles. The molecule has 5 heteroatoms. The minimum atomic E-state index is 0.351. The predicted molar refractivity (Wildman–Crippen MR) is 77.1 cm³/mol. The number of hydrogen-bond donors (Lipinski definition) is 1. The topological polar surface area (TPSA) is 64.3 Å². The molecule has 1 aromatic heterocycles. The molecule has 1 aliphatic heterocycles. The number of hydrogen-bond acceptors (Lipinski definition) is 5. The number of ether oxygens (including phenoxy) is 1. The average molecular weight is 276 g/mol. The monoisotopic (exact) mass is 276 g/mol. The molecule has 2 aliphatic rings. The van der Waals surface area contributed by atoms with E-state index in [4.69, 9.17) is 10.5 Å². The van der Waals surface area contributed by atoms with Crippen LogP contribution < -0.4 is 5.73 Å². The number of methoxy groups -OCH3 is 1. The fourth-order valence-electron chi connectivity index (χ4n) is 3.14. The van der Waals surface area contributed by atoms with Crippen LogP contribution in [0.5, 0.6) is 0 Å². The van der Waals surface area contributed by atoms with Crippen molar-refractivity contribution >= 4 is 0 Å². The molecule has 0 unspecified atom stereocenters. The molecule has 2 fully saturated rings. The zero-order chi connectivity index (χ0) is 13.9. The van der Waals surface area contributed by atoms with Gasteiger partial charge in [0, 0.05) is 57.2 Å². The van der Waals surface area contributed by atoms with Crippen molar-refractivity contribution in [3.8, 4) is 0 Å². The van der Waals surface area contributed by atoms with Crippen molar-refractivity contribution in [1.29, 1.82) is 0 Å². The van der Waals surface area contributed by atoms with Gasteiger partial charge < -0.3 is 10.5 Å². The summed E-state index contributed by atoms with van der Waals surface area (Å²) in [6, 6.07) is 0.351. The lowest BCUT2D eigenvalue weighted by molar-refractivity contribution is 0.200. The smallest absolute Gasteiger partial charge is 0.130 e. The third-order valence-electron chi connectivity index (χ3n) is 4.41. The predicted octanol–water partition coefficient (Wildman–Crippen LogP) is 0.835. The third kappa shape index (κ3) is 3.34. The summed E-state index contributed by atoms with van der Waals surface area (Å²) in [5.74, 6) is 2.45. The highest BCUT2D eigenvalue weighted by Crippen LogP contribution is 2.41. The minimum absolute atomic E-state index is 0.351. The van der Waals surface area contributed by atoms with Gasteiger partial charge in [-0.15, -0.1) is 0 Å². The van der Waals surface area contributed by atoms with E-state index in [1.165, 1.54) is 18.4 Å². The lowest BCUT2D eigenvalue weighted by Gasteiger charge is -2.15. The molecule has 5 nitrogen and oxygen atoms in total. The van der Waals surface area contributed by atoms with Gasteiger partial charge in [0.2, 0.25) is 0 Å². The maximum absolute atomic E-state index is 6.26. The van der Waals surface area contributed by atoms with E-state index >= 15 is 0 Å². The molecule has 1 saturated carbocycles. The van der Waals surface area contributed by atoms with Crippen molar-refractivity contribution in [3.05, 3.63) is 23.8 Å². The number of aromatic nitrogens is 2. The van der Waals surface area contributed by atoms with E-state index in [-0.39, 0.29) is 0 Å². The van der Waals surface area contributed by atoms with E-state index in [1.807, 2.05) is 12.4 Å². The highest BCUT2D eigenvalue weighted by molar-refractivity contribution is 5.07. The maximum Gasteiger partial charge on any atom is 0.130 e. The molecule has 1 aliphatic carbocycles. The summed E-state index contributed by atoms with van der Waals surface area (Å²) in [5, 5.41) is 0. The summed E-state index contributed by atoms with van der Waals surface area (Å²) in [6.07, 6.45) is 7.41. The Hall–Kier alpha value is -1.04. The van der Waals surface area contributed by atoms with Crippen molar-refractivity contribution in [3.63, 3.8) is 0 Å². The molecule has 0 amide bonds. The summed E-state index contributed by atoms with van der Waals surface area (Å²) in [7, 11) is 1.70. The minimum Gasteiger partial charge on any atom is -0.384 e. The van der Waals surface area contributed by atoms with Crippen molar-refractivity contribution < 1.29 is 4.74 Å². The molecule has 2 N–H and O–H groups in total. The molecule has 2 atom stereocenters. The van der Waals surface area contributed by atoms with Crippen LogP contribution in [0.15, 0.2) is 12.4 Å². The van der Waals surface area contributed by atoms with E-state index < -0.39 is 0 Å². The van der Waals surface area contributed by atoms with Crippen LogP contribution in [-0.4, -0.2) is 47.7 Å². The van der Waals surface area contributed by atoms with Crippen LogP contribution in [0, 0.1) is 11.8 Å². The molecule has 0 spiro atoms. The van der Waals surface area contributed by atoms with Gasteiger partial charge in [-0.25, -0.2) is 9.97 Å². The van der Waals surface area contributed by atoms with Gasteiger partial charge in [-0.05, 0) is 24.7 Å². The molecule has 3 rings (SSSR count). The second kappa shape index (κ2) is 6.16. The number of nitrogens with zero attached hydrogens (tertiary/aromatic N) is 3. The Morgan fingerprint density at radius 3 is 2.70 bits per heavy atom. The van der Waals surface area contributed by atoms with Gasteiger partial charge in [-0.2, -0.15) is 0 Å². The lowest BCUT2D eigenvalue weighted by Crippen LogP contribution is -2.30. The standard InChI is InChI=1S/C15H24N4O/c1-20-5-4-15-17-6-11(7-18-15)8-19-9-13(12-2-3-12)14(16)10-19/h6-7,12-14H,2-5,8-10,16H2,1H3/t13-,14+/m1/s1. The summed E-state index contributed by atoms with van der Waals surface area (Å²) in [4.78, 5) is 11.2. The molecular weight excluding hydrogens is 252 g/mol. The Bertz CT molecular complexity index is 432. The van der Waals surface area contributed by atoms with Crippen LogP contribution in [-0.2, 0) is 17.7 Å². The first kappa shape index (κ1) is 13.9. The van der Waals surface area contributed by atoms with Crippen LogP contribution in [0.2, 0.25) is 0 Å². The lowest BCUT2D eigenvalue weighted by atomic mass is 9.99. The normalized spacial score (nSPS) is 27.1. The fraction of sp³-hybridized carbons (Fsp3) is 0.733. The molecule has 0 bridgehead atoms. The van der Waals surface area contributed by atoms with Crippen LogP contribution in [0.3, 0.4) is 0 Å². The molecule has 1 saturated heterocycles. The second-order valence-corrected chi connectivity index (χ2v) is 6.11. The van der Waals surface area contributed by atoms with Crippen molar-refractivity contribution in [2.24, 2.45) is 17.6 Å².